The molecule has 0 radical (unpaired) electrons. The first-order valence-electron chi connectivity index (χ1n) is 7.05. The third-order valence-electron chi connectivity index (χ3n) is 4.02. The summed E-state index contributed by atoms with van der Waals surface area (Å²) in [6.07, 6.45) is 4.96. The van der Waals surface area contributed by atoms with Crippen molar-refractivity contribution in [1.82, 2.24) is 15.0 Å². The van der Waals surface area contributed by atoms with Crippen LogP contribution in [-0.4, -0.2) is 34.6 Å². The van der Waals surface area contributed by atoms with E-state index in [4.69, 9.17) is 16.3 Å². The molecule has 1 aromatic heterocycles. The van der Waals surface area contributed by atoms with E-state index in [1.54, 1.807) is 0 Å². The summed E-state index contributed by atoms with van der Waals surface area (Å²) in [7, 11) is 0. The number of aromatic nitrogens is 3. The number of halogens is 1. The van der Waals surface area contributed by atoms with Crippen molar-refractivity contribution >= 4 is 17.5 Å². The summed E-state index contributed by atoms with van der Waals surface area (Å²) in [5.41, 5.74) is 0. The SMILES string of the molecule is CCCOc1nc(Cl)nc(N2CC3CCCC3C2)n1. The molecule has 6 heteroatoms. The molecule has 0 amide bonds. The molecule has 5 nitrogen and oxygen atoms in total. The Kier molecular flexibility index (Phi) is 3.73. The van der Waals surface area contributed by atoms with Crippen molar-refractivity contribution in [3.05, 3.63) is 5.28 Å². The molecular formula is C13H19ClN4O. The number of rotatable bonds is 4. The maximum absolute atomic E-state index is 5.96. The molecule has 1 saturated carbocycles. The van der Waals surface area contributed by atoms with Crippen LogP contribution in [0.5, 0.6) is 6.01 Å². The van der Waals surface area contributed by atoms with E-state index >= 15 is 0 Å². The Labute approximate surface area is 118 Å². The van der Waals surface area contributed by atoms with Gasteiger partial charge in [0, 0.05) is 13.1 Å². The fourth-order valence-electron chi connectivity index (χ4n) is 3.12. The second-order valence-electron chi connectivity index (χ2n) is 5.39. The van der Waals surface area contributed by atoms with Gasteiger partial charge in [-0.3, -0.25) is 0 Å². The minimum atomic E-state index is 0.216. The van der Waals surface area contributed by atoms with Gasteiger partial charge in [0.2, 0.25) is 11.2 Å². The standard InChI is InChI=1S/C13H19ClN4O/c1-2-6-19-13-16-11(14)15-12(17-13)18-7-9-4-3-5-10(9)8-18/h9-10H,2-8H2,1H3. The highest BCUT2D eigenvalue weighted by Gasteiger charge is 2.37. The van der Waals surface area contributed by atoms with Gasteiger partial charge < -0.3 is 9.64 Å². The van der Waals surface area contributed by atoms with Crippen molar-refractivity contribution in [3.8, 4) is 6.01 Å². The molecule has 1 aliphatic heterocycles. The zero-order valence-electron chi connectivity index (χ0n) is 11.2. The molecule has 0 spiro atoms. The van der Waals surface area contributed by atoms with Gasteiger partial charge in [-0.05, 0) is 42.7 Å². The van der Waals surface area contributed by atoms with Crippen LogP contribution >= 0.6 is 11.6 Å². The summed E-state index contributed by atoms with van der Waals surface area (Å²) in [4.78, 5) is 14.9. The smallest absolute Gasteiger partial charge is 0.322 e. The lowest BCUT2D eigenvalue weighted by Crippen LogP contribution is -2.23. The molecule has 2 unspecified atom stereocenters. The number of hydrogen-bond acceptors (Lipinski definition) is 5. The van der Waals surface area contributed by atoms with Crippen molar-refractivity contribution < 1.29 is 4.74 Å². The van der Waals surface area contributed by atoms with Crippen molar-refractivity contribution in [1.29, 1.82) is 0 Å². The average molecular weight is 283 g/mol. The second-order valence-corrected chi connectivity index (χ2v) is 5.73. The molecule has 2 fully saturated rings. The molecule has 19 heavy (non-hydrogen) atoms. The van der Waals surface area contributed by atoms with Crippen LogP contribution < -0.4 is 9.64 Å². The Hall–Kier alpha value is -1.10. The van der Waals surface area contributed by atoms with Gasteiger partial charge in [-0.15, -0.1) is 0 Å². The molecule has 0 bridgehead atoms. The van der Waals surface area contributed by atoms with Gasteiger partial charge in [-0.2, -0.15) is 15.0 Å². The van der Waals surface area contributed by atoms with Crippen LogP contribution in [0.4, 0.5) is 5.95 Å². The molecule has 1 aromatic rings. The number of anilines is 1. The highest BCUT2D eigenvalue weighted by atomic mass is 35.5. The van der Waals surface area contributed by atoms with Gasteiger partial charge in [0.1, 0.15) is 0 Å². The first-order chi connectivity index (χ1) is 9.26. The van der Waals surface area contributed by atoms with Gasteiger partial charge in [-0.1, -0.05) is 13.3 Å². The molecule has 0 N–H and O–H groups in total. The van der Waals surface area contributed by atoms with Crippen LogP contribution in [0.25, 0.3) is 0 Å². The Morgan fingerprint density at radius 1 is 1.21 bits per heavy atom. The summed E-state index contributed by atoms with van der Waals surface area (Å²) in [5.74, 6) is 2.27. The summed E-state index contributed by atoms with van der Waals surface area (Å²) < 4.78 is 5.46. The molecule has 3 rings (SSSR count). The lowest BCUT2D eigenvalue weighted by molar-refractivity contribution is 0.291. The van der Waals surface area contributed by atoms with Crippen LogP contribution in [0.3, 0.4) is 0 Å². The summed E-state index contributed by atoms with van der Waals surface area (Å²) in [5, 5.41) is 0.216. The second kappa shape index (κ2) is 5.49. The molecule has 1 aliphatic carbocycles. The Bertz CT molecular complexity index is 444. The molecule has 2 aliphatic rings. The molecular weight excluding hydrogens is 264 g/mol. The molecule has 1 saturated heterocycles. The van der Waals surface area contributed by atoms with E-state index in [9.17, 15) is 0 Å². The van der Waals surface area contributed by atoms with E-state index in [-0.39, 0.29) is 5.28 Å². The number of ether oxygens (including phenoxy) is 1. The highest BCUT2D eigenvalue weighted by molar-refractivity contribution is 6.28. The Morgan fingerprint density at radius 2 is 1.95 bits per heavy atom. The molecule has 2 heterocycles. The lowest BCUT2D eigenvalue weighted by Gasteiger charge is -2.17. The minimum Gasteiger partial charge on any atom is -0.463 e. The fourth-order valence-corrected chi connectivity index (χ4v) is 3.27. The first kappa shape index (κ1) is 12.9. The zero-order chi connectivity index (χ0) is 13.2. The summed E-state index contributed by atoms with van der Waals surface area (Å²) in [6, 6.07) is 0.342. The van der Waals surface area contributed by atoms with Crippen LogP contribution in [0.2, 0.25) is 5.28 Å². The highest BCUT2D eigenvalue weighted by Crippen LogP contribution is 2.38. The van der Waals surface area contributed by atoms with Crippen molar-refractivity contribution in [2.75, 3.05) is 24.6 Å². The largest absolute Gasteiger partial charge is 0.463 e. The van der Waals surface area contributed by atoms with E-state index in [1.165, 1.54) is 19.3 Å². The van der Waals surface area contributed by atoms with Crippen LogP contribution in [0.15, 0.2) is 0 Å². The van der Waals surface area contributed by atoms with Crippen molar-refractivity contribution in [3.63, 3.8) is 0 Å². The van der Waals surface area contributed by atoms with Gasteiger partial charge >= 0.3 is 6.01 Å². The molecule has 0 aromatic carbocycles. The van der Waals surface area contributed by atoms with E-state index in [0.29, 0.717) is 18.6 Å². The van der Waals surface area contributed by atoms with Crippen LogP contribution in [0.1, 0.15) is 32.6 Å². The predicted molar refractivity (Wildman–Crippen MR) is 73.7 cm³/mol. The molecule has 2 atom stereocenters. The van der Waals surface area contributed by atoms with E-state index in [2.05, 4.69) is 19.9 Å². The maximum Gasteiger partial charge on any atom is 0.322 e. The number of hydrogen-bond donors (Lipinski definition) is 0. The van der Waals surface area contributed by atoms with E-state index < -0.39 is 0 Å². The van der Waals surface area contributed by atoms with Crippen LogP contribution in [-0.2, 0) is 0 Å². The number of nitrogens with zero attached hydrogens (tertiary/aromatic N) is 4. The van der Waals surface area contributed by atoms with E-state index in [1.807, 2.05) is 6.92 Å². The molecule has 104 valence electrons. The average Bonchev–Trinajstić information content (AvgIpc) is 2.96. The number of fused-ring (bicyclic) bond motifs is 1. The van der Waals surface area contributed by atoms with Crippen molar-refractivity contribution in [2.45, 2.75) is 32.6 Å². The Balaban J connectivity index is 1.75. The maximum atomic E-state index is 5.96. The third-order valence-corrected chi connectivity index (χ3v) is 4.19. The topological polar surface area (TPSA) is 51.1 Å². The first-order valence-corrected chi connectivity index (χ1v) is 7.43. The van der Waals surface area contributed by atoms with Crippen molar-refractivity contribution in [2.24, 2.45) is 11.8 Å². The summed E-state index contributed by atoms with van der Waals surface area (Å²) >= 11 is 5.96. The third kappa shape index (κ3) is 2.76. The van der Waals surface area contributed by atoms with Gasteiger partial charge in [-0.25, -0.2) is 0 Å². The lowest BCUT2D eigenvalue weighted by atomic mass is 10.0. The Morgan fingerprint density at radius 3 is 2.63 bits per heavy atom. The van der Waals surface area contributed by atoms with Crippen LogP contribution in [0, 0.1) is 11.8 Å². The quantitative estimate of drug-likeness (QED) is 0.849. The predicted octanol–water partition coefficient (Wildman–Crippen LogP) is 2.55. The summed E-state index contributed by atoms with van der Waals surface area (Å²) in [6.45, 7) is 4.73. The minimum absolute atomic E-state index is 0.216. The normalized spacial score (nSPS) is 25.7. The monoisotopic (exact) mass is 282 g/mol. The van der Waals surface area contributed by atoms with Gasteiger partial charge in [0.15, 0.2) is 0 Å². The van der Waals surface area contributed by atoms with Gasteiger partial charge in [0.05, 0.1) is 6.61 Å². The fraction of sp³-hybridized carbons (Fsp3) is 0.769. The van der Waals surface area contributed by atoms with E-state index in [0.717, 1.165) is 31.3 Å². The van der Waals surface area contributed by atoms with Gasteiger partial charge in [0.25, 0.3) is 0 Å². The zero-order valence-corrected chi connectivity index (χ0v) is 11.9.